The van der Waals surface area contributed by atoms with E-state index >= 15 is 0 Å². The Morgan fingerprint density at radius 2 is 2.67 bits per heavy atom. The summed E-state index contributed by atoms with van der Waals surface area (Å²) in [5, 5.41) is 3.19. The van der Waals surface area contributed by atoms with Crippen LogP contribution in [0.4, 0.5) is 0 Å². The lowest BCUT2D eigenvalue weighted by atomic mass is 10.5. The Balaban J connectivity index is 2.38. The molecule has 6 heavy (non-hydrogen) atoms. The molecule has 1 N–H and O–H groups in total. The predicted octanol–water partition coefficient (Wildman–Crippen LogP) is 0.711. The summed E-state index contributed by atoms with van der Waals surface area (Å²) >= 11 is 5.56. The highest BCUT2D eigenvalue weighted by Crippen LogP contribution is 1.99. The Bertz CT molecular complexity index is 69.9. The van der Waals surface area contributed by atoms with Crippen molar-refractivity contribution in [1.29, 1.82) is 0 Å². The van der Waals surface area contributed by atoms with Gasteiger partial charge in [-0.1, -0.05) is 0 Å². The van der Waals surface area contributed by atoms with E-state index in [9.17, 15) is 0 Å². The summed E-state index contributed by atoms with van der Waals surface area (Å²) in [6.07, 6.45) is 3.80. The highest BCUT2D eigenvalue weighted by molar-refractivity contribution is 6.22. The molecule has 0 spiro atoms. The van der Waals surface area contributed by atoms with Gasteiger partial charge in [0.1, 0.15) is 0 Å². The fourth-order valence-electron chi connectivity index (χ4n) is 0.421. The molecule has 0 fully saturated rings. The van der Waals surface area contributed by atoms with E-state index in [0.717, 1.165) is 6.54 Å². The zero-order valence-corrected chi connectivity index (χ0v) is 4.07. The van der Waals surface area contributed by atoms with Crippen LogP contribution in [0.1, 0.15) is 0 Å². The quantitative estimate of drug-likeness (QED) is 0.446. The third-order valence-corrected chi connectivity index (χ3v) is 1.04. The molecule has 1 rings (SSSR count). The normalized spacial score (nSPS) is 30.5. The number of hydrogen-bond acceptors (Lipinski definition) is 1. The second-order valence-electron chi connectivity index (χ2n) is 1.28. The zero-order valence-electron chi connectivity index (χ0n) is 3.32. The molecule has 0 aliphatic carbocycles. The first-order valence-corrected chi connectivity index (χ1v) is 2.37. The standard InChI is InChI=1S/C4H6ClN/c5-4-1-2-6-3-4/h1-2,4,6H,3H2. The van der Waals surface area contributed by atoms with Crippen LogP contribution in [-0.2, 0) is 0 Å². The number of hydrogen-bond donors (Lipinski definition) is 1. The number of halogens is 1. The van der Waals surface area contributed by atoms with E-state index < -0.39 is 0 Å². The van der Waals surface area contributed by atoms with Gasteiger partial charge in [0.15, 0.2) is 0 Å². The van der Waals surface area contributed by atoms with Crippen LogP contribution in [0.3, 0.4) is 0 Å². The second-order valence-corrected chi connectivity index (χ2v) is 1.84. The summed E-state index contributed by atoms with van der Waals surface area (Å²) in [5.41, 5.74) is 0. The van der Waals surface area contributed by atoms with Gasteiger partial charge in [0.25, 0.3) is 0 Å². The summed E-state index contributed by atoms with van der Waals surface area (Å²) in [5.74, 6) is 0. The minimum Gasteiger partial charge on any atom is -0.389 e. The molecule has 0 radical (unpaired) electrons. The van der Waals surface area contributed by atoms with Crippen molar-refractivity contribution in [2.45, 2.75) is 5.38 Å². The van der Waals surface area contributed by atoms with Crippen molar-refractivity contribution in [2.24, 2.45) is 0 Å². The van der Waals surface area contributed by atoms with Gasteiger partial charge in [-0.15, -0.1) is 11.6 Å². The molecule has 34 valence electrons. The smallest absolute Gasteiger partial charge is 0.0705 e. The SMILES string of the molecule is ClC1C=CNC1. The molecule has 0 aromatic carbocycles. The zero-order chi connectivity index (χ0) is 4.41. The summed E-state index contributed by atoms with van der Waals surface area (Å²) in [6, 6.07) is 0. The van der Waals surface area contributed by atoms with E-state index in [1.165, 1.54) is 0 Å². The molecule has 1 aliphatic heterocycles. The molecular weight excluding hydrogens is 97.5 g/mol. The Morgan fingerprint density at radius 3 is 2.83 bits per heavy atom. The lowest BCUT2D eigenvalue weighted by molar-refractivity contribution is 0.921. The van der Waals surface area contributed by atoms with Gasteiger partial charge in [-0.2, -0.15) is 0 Å². The molecule has 0 saturated carbocycles. The van der Waals surface area contributed by atoms with Crippen molar-refractivity contribution in [3.05, 3.63) is 12.3 Å². The Labute approximate surface area is 42.0 Å². The van der Waals surface area contributed by atoms with Crippen molar-refractivity contribution < 1.29 is 0 Å². The van der Waals surface area contributed by atoms with Crippen molar-refractivity contribution in [3.8, 4) is 0 Å². The van der Waals surface area contributed by atoms with Gasteiger partial charge >= 0.3 is 0 Å². The van der Waals surface area contributed by atoms with Crippen LogP contribution in [0, 0.1) is 0 Å². The van der Waals surface area contributed by atoms with Gasteiger partial charge in [-0.25, -0.2) is 0 Å². The molecule has 1 aliphatic rings. The molecule has 1 nitrogen and oxygen atoms in total. The molecule has 1 unspecified atom stereocenters. The lowest BCUT2D eigenvalue weighted by Crippen LogP contribution is -2.06. The van der Waals surface area contributed by atoms with Crippen LogP contribution in [0.2, 0.25) is 0 Å². The van der Waals surface area contributed by atoms with Crippen LogP contribution in [0.15, 0.2) is 12.3 Å². The van der Waals surface area contributed by atoms with Crippen molar-refractivity contribution in [3.63, 3.8) is 0 Å². The Morgan fingerprint density at radius 1 is 1.83 bits per heavy atom. The number of rotatable bonds is 0. The molecule has 0 aromatic rings. The average Bonchev–Trinajstić information content (AvgIpc) is 1.86. The van der Waals surface area contributed by atoms with Gasteiger partial charge in [0.2, 0.25) is 0 Å². The van der Waals surface area contributed by atoms with Crippen LogP contribution in [-0.4, -0.2) is 11.9 Å². The predicted molar refractivity (Wildman–Crippen MR) is 26.8 cm³/mol. The first-order valence-electron chi connectivity index (χ1n) is 1.94. The number of nitrogens with one attached hydrogen (secondary N) is 1. The molecule has 1 atom stereocenters. The average molecular weight is 104 g/mol. The Hall–Kier alpha value is -0.170. The largest absolute Gasteiger partial charge is 0.389 e. The minimum atomic E-state index is 0.227. The van der Waals surface area contributed by atoms with Gasteiger partial charge in [-0.3, -0.25) is 0 Å². The lowest BCUT2D eigenvalue weighted by Gasteiger charge is -1.88. The fraction of sp³-hybridized carbons (Fsp3) is 0.500. The number of alkyl halides is 1. The molecule has 2 heteroatoms. The molecule has 0 bridgehead atoms. The first-order chi connectivity index (χ1) is 2.89. The van der Waals surface area contributed by atoms with E-state index in [0.29, 0.717) is 0 Å². The molecule has 1 heterocycles. The van der Waals surface area contributed by atoms with E-state index in [-0.39, 0.29) is 5.38 Å². The second kappa shape index (κ2) is 1.52. The maximum Gasteiger partial charge on any atom is 0.0705 e. The van der Waals surface area contributed by atoms with E-state index in [1.807, 2.05) is 12.3 Å². The summed E-state index contributed by atoms with van der Waals surface area (Å²) < 4.78 is 0. The molecular formula is C4H6ClN. The summed E-state index contributed by atoms with van der Waals surface area (Å²) in [6.45, 7) is 0.890. The van der Waals surface area contributed by atoms with Crippen molar-refractivity contribution >= 4 is 11.6 Å². The van der Waals surface area contributed by atoms with E-state index in [1.54, 1.807) is 0 Å². The van der Waals surface area contributed by atoms with Crippen LogP contribution < -0.4 is 5.32 Å². The third kappa shape index (κ3) is 0.658. The monoisotopic (exact) mass is 103 g/mol. The van der Waals surface area contributed by atoms with Crippen LogP contribution in [0.5, 0.6) is 0 Å². The van der Waals surface area contributed by atoms with E-state index in [4.69, 9.17) is 11.6 Å². The Kier molecular flexibility index (Phi) is 1.01. The summed E-state index contributed by atoms with van der Waals surface area (Å²) in [4.78, 5) is 0. The maximum atomic E-state index is 5.56. The van der Waals surface area contributed by atoms with Crippen LogP contribution in [0.25, 0.3) is 0 Å². The van der Waals surface area contributed by atoms with Gasteiger partial charge < -0.3 is 5.32 Å². The topological polar surface area (TPSA) is 12.0 Å². The molecule has 0 amide bonds. The minimum absolute atomic E-state index is 0.227. The van der Waals surface area contributed by atoms with Gasteiger partial charge in [0, 0.05) is 6.54 Å². The molecule has 0 saturated heterocycles. The first kappa shape index (κ1) is 4.00. The highest BCUT2D eigenvalue weighted by atomic mass is 35.5. The maximum absolute atomic E-state index is 5.56. The molecule has 0 aromatic heterocycles. The third-order valence-electron chi connectivity index (χ3n) is 0.736. The summed E-state index contributed by atoms with van der Waals surface area (Å²) in [7, 11) is 0. The van der Waals surface area contributed by atoms with Crippen molar-refractivity contribution in [2.75, 3.05) is 6.54 Å². The van der Waals surface area contributed by atoms with Gasteiger partial charge in [0.05, 0.1) is 5.38 Å². The van der Waals surface area contributed by atoms with Crippen molar-refractivity contribution in [1.82, 2.24) is 5.32 Å². The highest BCUT2D eigenvalue weighted by Gasteiger charge is 2.00. The fourth-order valence-corrected chi connectivity index (χ4v) is 0.583. The van der Waals surface area contributed by atoms with Gasteiger partial charge in [-0.05, 0) is 12.3 Å². The van der Waals surface area contributed by atoms with Crippen LogP contribution >= 0.6 is 11.6 Å². The van der Waals surface area contributed by atoms with E-state index in [2.05, 4.69) is 5.32 Å².